The van der Waals surface area contributed by atoms with Crippen LogP contribution < -0.4 is 5.43 Å². The molecule has 112 valence electrons. The highest BCUT2D eigenvalue weighted by Gasteiger charge is 2.17. The lowest BCUT2D eigenvalue weighted by Gasteiger charge is -1.96. The van der Waals surface area contributed by atoms with Gasteiger partial charge in [0.25, 0.3) is 5.91 Å². The second kappa shape index (κ2) is 6.04. The summed E-state index contributed by atoms with van der Waals surface area (Å²) in [7, 11) is 1.68. The molecule has 0 spiro atoms. The van der Waals surface area contributed by atoms with E-state index in [4.69, 9.17) is 11.6 Å². The Labute approximate surface area is 125 Å². The van der Waals surface area contributed by atoms with Crippen LogP contribution in [0, 0.1) is 12.9 Å². The van der Waals surface area contributed by atoms with Crippen LogP contribution in [-0.4, -0.2) is 31.7 Å². The van der Waals surface area contributed by atoms with E-state index in [0.29, 0.717) is 12.2 Å². The van der Waals surface area contributed by atoms with Gasteiger partial charge in [0.2, 0.25) is 5.95 Å². The van der Waals surface area contributed by atoms with Gasteiger partial charge in [-0.05, 0) is 13.8 Å². The summed E-state index contributed by atoms with van der Waals surface area (Å²) in [5.74, 6) is -1.08. The molecule has 1 amide bonds. The Morgan fingerprint density at radius 3 is 2.86 bits per heavy atom. The van der Waals surface area contributed by atoms with Gasteiger partial charge in [0, 0.05) is 13.6 Å². The normalized spacial score (nSPS) is 11.3. The number of rotatable bonds is 4. The minimum absolute atomic E-state index is 0.0681. The molecule has 0 saturated carbocycles. The van der Waals surface area contributed by atoms with Gasteiger partial charge in [0.15, 0.2) is 5.69 Å². The number of carbonyl (C=O) groups is 1. The zero-order valence-corrected chi connectivity index (χ0v) is 12.5. The molecule has 9 heteroatoms. The fraction of sp³-hybridized carbons (Fsp3) is 0.333. The van der Waals surface area contributed by atoms with Crippen LogP contribution in [0.5, 0.6) is 0 Å². The van der Waals surface area contributed by atoms with Crippen LogP contribution in [0.3, 0.4) is 0 Å². The summed E-state index contributed by atoms with van der Waals surface area (Å²) in [4.78, 5) is 11.9. The number of hydrogen-bond acceptors (Lipinski definition) is 4. The van der Waals surface area contributed by atoms with Crippen molar-refractivity contribution in [3.05, 3.63) is 34.1 Å². The van der Waals surface area contributed by atoms with Crippen molar-refractivity contribution >= 4 is 23.7 Å². The Bertz CT molecular complexity index is 705. The molecule has 1 N–H and O–H groups in total. The molecule has 0 unspecified atom stereocenters. The molecule has 2 heterocycles. The molecule has 0 radical (unpaired) electrons. The summed E-state index contributed by atoms with van der Waals surface area (Å²) < 4.78 is 16.3. The minimum Gasteiger partial charge on any atom is -0.271 e. The molecule has 2 aromatic heterocycles. The first kappa shape index (κ1) is 15.2. The monoisotopic (exact) mass is 312 g/mol. The van der Waals surface area contributed by atoms with Gasteiger partial charge in [-0.2, -0.15) is 19.7 Å². The van der Waals surface area contributed by atoms with Crippen LogP contribution in [0.25, 0.3) is 0 Å². The fourth-order valence-electron chi connectivity index (χ4n) is 1.63. The molecular weight excluding hydrogens is 299 g/mol. The molecule has 0 aliphatic rings. The number of hydrogen-bond donors (Lipinski definition) is 1. The van der Waals surface area contributed by atoms with E-state index < -0.39 is 11.9 Å². The highest BCUT2D eigenvalue weighted by Crippen LogP contribution is 2.18. The predicted octanol–water partition coefficient (Wildman–Crippen LogP) is 1.50. The Morgan fingerprint density at radius 1 is 1.62 bits per heavy atom. The molecule has 0 aliphatic carbocycles. The lowest BCUT2D eigenvalue weighted by atomic mass is 10.3. The van der Waals surface area contributed by atoms with E-state index >= 15 is 0 Å². The van der Waals surface area contributed by atoms with Crippen molar-refractivity contribution in [1.82, 2.24) is 25.0 Å². The van der Waals surface area contributed by atoms with Gasteiger partial charge in [0.1, 0.15) is 0 Å². The highest BCUT2D eigenvalue weighted by atomic mass is 35.5. The Kier molecular flexibility index (Phi) is 4.37. The molecule has 2 aromatic rings. The van der Waals surface area contributed by atoms with E-state index in [-0.39, 0.29) is 16.3 Å². The minimum atomic E-state index is -0.566. The van der Waals surface area contributed by atoms with Crippen LogP contribution in [0.2, 0.25) is 5.02 Å². The lowest BCUT2D eigenvalue weighted by molar-refractivity contribution is 0.0949. The fourth-order valence-corrected chi connectivity index (χ4v) is 1.88. The maximum absolute atomic E-state index is 13.7. The van der Waals surface area contributed by atoms with Crippen molar-refractivity contribution < 1.29 is 9.18 Å². The van der Waals surface area contributed by atoms with Crippen molar-refractivity contribution in [2.75, 3.05) is 0 Å². The second-order valence-corrected chi connectivity index (χ2v) is 4.66. The van der Waals surface area contributed by atoms with Gasteiger partial charge in [-0.25, -0.2) is 10.1 Å². The van der Waals surface area contributed by atoms with Gasteiger partial charge in [-0.15, -0.1) is 0 Å². The SMILES string of the molecule is CCn1ncc(/C=N/NC(=O)c2nn(C)c(C)c2Cl)c1F. The standard InChI is InChI=1S/C12H14ClFN6O/c1-4-20-11(14)8(6-16-20)5-15-17-12(21)10-9(13)7(2)19(3)18-10/h5-6H,4H2,1-3H3,(H,17,21)/b15-5+. The van der Waals surface area contributed by atoms with E-state index in [2.05, 4.69) is 20.7 Å². The first-order valence-electron chi connectivity index (χ1n) is 6.19. The third-order valence-corrected chi connectivity index (χ3v) is 3.40. The van der Waals surface area contributed by atoms with Crippen LogP contribution in [0.1, 0.15) is 28.7 Å². The number of aromatic nitrogens is 4. The number of hydrazone groups is 1. The Morgan fingerprint density at radius 2 is 2.33 bits per heavy atom. The summed E-state index contributed by atoms with van der Waals surface area (Å²) >= 11 is 5.98. The van der Waals surface area contributed by atoms with Gasteiger partial charge < -0.3 is 0 Å². The average molecular weight is 313 g/mol. The molecule has 0 fully saturated rings. The van der Waals surface area contributed by atoms with E-state index in [1.165, 1.54) is 21.8 Å². The van der Waals surface area contributed by atoms with Crippen molar-refractivity contribution in [3.8, 4) is 0 Å². The van der Waals surface area contributed by atoms with Gasteiger partial charge >= 0.3 is 0 Å². The molecule has 0 bridgehead atoms. The van der Waals surface area contributed by atoms with Crippen LogP contribution >= 0.6 is 11.6 Å². The van der Waals surface area contributed by atoms with Crippen molar-refractivity contribution in [1.29, 1.82) is 0 Å². The quantitative estimate of drug-likeness (QED) is 0.686. The number of nitrogens with zero attached hydrogens (tertiary/aromatic N) is 5. The van der Waals surface area contributed by atoms with Crippen LogP contribution in [-0.2, 0) is 13.6 Å². The van der Waals surface area contributed by atoms with Gasteiger partial charge in [-0.1, -0.05) is 11.6 Å². The van der Waals surface area contributed by atoms with E-state index in [9.17, 15) is 9.18 Å². The van der Waals surface area contributed by atoms with Gasteiger partial charge in [0.05, 0.1) is 28.7 Å². The summed E-state index contributed by atoms with van der Waals surface area (Å²) in [6.45, 7) is 3.92. The second-order valence-electron chi connectivity index (χ2n) is 4.28. The average Bonchev–Trinajstić information content (AvgIpc) is 2.94. The number of halogens is 2. The largest absolute Gasteiger partial charge is 0.293 e. The van der Waals surface area contributed by atoms with Crippen molar-refractivity contribution in [2.45, 2.75) is 20.4 Å². The smallest absolute Gasteiger partial charge is 0.271 e. The van der Waals surface area contributed by atoms with Crippen LogP contribution in [0.4, 0.5) is 4.39 Å². The molecule has 7 nitrogen and oxygen atoms in total. The molecule has 0 saturated heterocycles. The molecule has 0 aliphatic heterocycles. The Hall–Kier alpha value is -2.22. The predicted molar refractivity (Wildman–Crippen MR) is 75.9 cm³/mol. The Balaban J connectivity index is 2.08. The number of aryl methyl sites for hydroxylation is 2. The summed E-state index contributed by atoms with van der Waals surface area (Å²) in [6, 6.07) is 0. The van der Waals surface area contributed by atoms with Crippen molar-refractivity contribution in [2.24, 2.45) is 12.1 Å². The topological polar surface area (TPSA) is 77.1 Å². The van der Waals surface area contributed by atoms with E-state index in [1.54, 1.807) is 20.9 Å². The number of amides is 1. The molecule has 2 rings (SSSR count). The summed E-state index contributed by atoms with van der Waals surface area (Å²) in [5.41, 5.74) is 3.17. The zero-order chi connectivity index (χ0) is 15.6. The van der Waals surface area contributed by atoms with Crippen LogP contribution in [0.15, 0.2) is 11.3 Å². The highest BCUT2D eigenvalue weighted by molar-refractivity contribution is 6.34. The third kappa shape index (κ3) is 2.94. The molecule has 21 heavy (non-hydrogen) atoms. The van der Waals surface area contributed by atoms with E-state index in [0.717, 1.165) is 0 Å². The summed E-state index contributed by atoms with van der Waals surface area (Å²) in [5, 5.41) is 11.7. The van der Waals surface area contributed by atoms with Gasteiger partial charge in [-0.3, -0.25) is 9.48 Å². The lowest BCUT2D eigenvalue weighted by Crippen LogP contribution is -2.19. The molecule has 0 atom stereocenters. The number of carbonyl (C=O) groups excluding carboxylic acids is 1. The maximum atomic E-state index is 13.7. The zero-order valence-electron chi connectivity index (χ0n) is 11.8. The summed E-state index contributed by atoms with van der Waals surface area (Å²) in [6.07, 6.45) is 2.50. The first-order chi connectivity index (χ1) is 9.95. The first-order valence-corrected chi connectivity index (χ1v) is 6.57. The number of nitrogens with one attached hydrogen (secondary N) is 1. The van der Waals surface area contributed by atoms with Crippen molar-refractivity contribution in [3.63, 3.8) is 0 Å². The maximum Gasteiger partial charge on any atom is 0.293 e. The third-order valence-electron chi connectivity index (χ3n) is 2.95. The van der Waals surface area contributed by atoms with E-state index in [1.807, 2.05) is 0 Å². The molecular formula is C12H14ClFN6O. The molecule has 0 aromatic carbocycles.